The molecule has 60 valence electrons. The van der Waals surface area contributed by atoms with Gasteiger partial charge >= 0.3 is 6.01 Å². The second kappa shape index (κ2) is 3.67. The van der Waals surface area contributed by atoms with Gasteiger partial charge in [-0.15, -0.1) is 5.10 Å². The van der Waals surface area contributed by atoms with Crippen LogP contribution in [0.3, 0.4) is 0 Å². The lowest BCUT2D eigenvalue weighted by Crippen LogP contribution is -2.12. The zero-order valence-corrected chi connectivity index (χ0v) is 5.65. The molecule has 6 nitrogen and oxygen atoms in total. The van der Waals surface area contributed by atoms with Gasteiger partial charge in [0.25, 0.3) is 5.56 Å². The van der Waals surface area contributed by atoms with Crippen molar-refractivity contribution >= 4 is 0 Å². The molecule has 0 unspecified atom stereocenters. The SMILES string of the molecule is O=c1cnnc(OCCO)[nH]1. The van der Waals surface area contributed by atoms with Crippen LogP contribution in [-0.4, -0.2) is 33.5 Å². The Morgan fingerprint density at radius 2 is 2.55 bits per heavy atom. The molecular weight excluding hydrogens is 150 g/mol. The van der Waals surface area contributed by atoms with Gasteiger partial charge in [0, 0.05) is 0 Å². The fourth-order valence-corrected chi connectivity index (χ4v) is 0.504. The Kier molecular flexibility index (Phi) is 2.56. The largest absolute Gasteiger partial charge is 0.461 e. The van der Waals surface area contributed by atoms with Gasteiger partial charge in [-0.2, -0.15) is 0 Å². The van der Waals surface area contributed by atoms with Crippen LogP contribution in [0.4, 0.5) is 0 Å². The summed E-state index contributed by atoms with van der Waals surface area (Å²) in [5.41, 5.74) is -0.382. The Bertz CT molecular complexity index is 272. The van der Waals surface area contributed by atoms with Crippen molar-refractivity contribution in [1.29, 1.82) is 0 Å². The monoisotopic (exact) mass is 157 g/mol. The summed E-state index contributed by atoms with van der Waals surface area (Å²) in [6.45, 7) is -0.0345. The maximum atomic E-state index is 10.6. The number of aromatic nitrogens is 3. The first-order valence-electron chi connectivity index (χ1n) is 2.98. The van der Waals surface area contributed by atoms with Crippen molar-refractivity contribution in [1.82, 2.24) is 15.2 Å². The van der Waals surface area contributed by atoms with E-state index in [0.717, 1.165) is 6.20 Å². The topological polar surface area (TPSA) is 88.1 Å². The highest BCUT2D eigenvalue weighted by Gasteiger charge is 1.93. The van der Waals surface area contributed by atoms with Crippen LogP contribution in [0.2, 0.25) is 0 Å². The van der Waals surface area contributed by atoms with Crippen LogP contribution in [0.5, 0.6) is 6.01 Å². The molecule has 0 aliphatic heterocycles. The molecule has 1 aromatic heterocycles. The van der Waals surface area contributed by atoms with Crippen molar-refractivity contribution in [3.05, 3.63) is 16.6 Å². The van der Waals surface area contributed by atoms with Crippen LogP contribution in [0.25, 0.3) is 0 Å². The van der Waals surface area contributed by atoms with E-state index in [4.69, 9.17) is 9.84 Å². The summed E-state index contributed by atoms with van der Waals surface area (Å²) in [5, 5.41) is 15.1. The quantitative estimate of drug-likeness (QED) is 0.559. The van der Waals surface area contributed by atoms with E-state index in [0.29, 0.717) is 0 Å². The molecule has 0 saturated heterocycles. The molecule has 0 fully saturated rings. The predicted molar refractivity (Wildman–Crippen MR) is 35.2 cm³/mol. The highest BCUT2D eigenvalue weighted by atomic mass is 16.5. The van der Waals surface area contributed by atoms with Gasteiger partial charge in [-0.05, 0) is 0 Å². The summed E-state index contributed by atoms with van der Waals surface area (Å²) >= 11 is 0. The average molecular weight is 157 g/mol. The first kappa shape index (κ1) is 7.67. The van der Waals surface area contributed by atoms with E-state index < -0.39 is 0 Å². The van der Waals surface area contributed by atoms with Gasteiger partial charge < -0.3 is 9.84 Å². The number of rotatable bonds is 3. The smallest absolute Gasteiger partial charge is 0.315 e. The summed E-state index contributed by atoms with van der Waals surface area (Å²) < 4.78 is 4.76. The second-order valence-corrected chi connectivity index (χ2v) is 1.71. The summed E-state index contributed by atoms with van der Waals surface area (Å²) in [7, 11) is 0. The molecule has 0 aliphatic carbocycles. The molecule has 0 bridgehead atoms. The molecule has 2 N–H and O–H groups in total. The first-order valence-corrected chi connectivity index (χ1v) is 2.98. The van der Waals surface area contributed by atoms with Gasteiger partial charge in [0.2, 0.25) is 0 Å². The van der Waals surface area contributed by atoms with Crippen molar-refractivity contribution in [2.75, 3.05) is 13.2 Å². The number of nitrogens with one attached hydrogen (secondary N) is 1. The molecule has 0 saturated carbocycles. The number of hydrogen-bond acceptors (Lipinski definition) is 5. The Balaban J connectivity index is 2.64. The van der Waals surface area contributed by atoms with Crippen LogP contribution < -0.4 is 10.3 Å². The molecular formula is C5H7N3O3. The van der Waals surface area contributed by atoms with Gasteiger partial charge in [0.15, 0.2) is 0 Å². The van der Waals surface area contributed by atoms with Gasteiger partial charge in [-0.1, -0.05) is 5.10 Å². The minimum Gasteiger partial charge on any atom is -0.461 e. The van der Waals surface area contributed by atoms with Crippen molar-refractivity contribution in [3.63, 3.8) is 0 Å². The maximum Gasteiger partial charge on any atom is 0.315 e. The first-order chi connectivity index (χ1) is 5.33. The molecule has 0 spiro atoms. The predicted octanol–water partition coefficient (Wildman–Crippen LogP) is -1.46. The Hall–Kier alpha value is -1.43. The van der Waals surface area contributed by atoms with Crippen LogP contribution in [0, 0.1) is 0 Å². The molecule has 1 heterocycles. The average Bonchev–Trinajstić information content (AvgIpc) is 2.01. The molecule has 1 rings (SSSR count). The fraction of sp³-hybridized carbons (Fsp3) is 0.400. The molecule has 0 amide bonds. The normalized spacial score (nSPS) is 9.55. The number of nitrogens with zero attached hydrogens (tertiary/aromatic N) is 2. The summed E-state index contributed by atoms with van der Waals surface area (Å²) in [6, 6.07) is 0.0200. The standard InChI is InChI=1S/C5H7N3O3/c9-1-2-11-5-7-4(10)3-6-8-5/h3,9H,1-2H2,(H,7,8,10). The molecule has 0 atom stereocenters. The molecule has 0 aliphatic rings. The molecule has 6 heteroatoms. The zero-order valence-electron chi connectivity index (χ0n) is 5.65. The minimum absolute atomic E-state index is 0.0200. The lowest BCUT2D eigenvalue weighted by atomic mass is 10.8. The van der Waals surface area contributed by atoms with Crippen molar-refractivity contribution in [2.24, 2.45) is 0 Å². The van der Waals surface area contributed by atoms with E-state index >= 15 is 0 Å². The van der Waals surface area contributed by atoms with E-state index in [1.165, 1.54) is 0 Å². The number of aromatic amines is 1. The highest BCUT2D eigenvalue weighted by molar-refractivity contribution is 4.87. The van der Waals surface area contributed by atoms with Crippen molar-refractivity contribution in [2.45, 2.75) is 0 Å². The number of ether oxygens (including phenoxy) is 1. The summed E-state index contributed by atoms with van der Waals surface area (Å²) in [5.74, 6) is 0. The Morgan fingerprint density at radius 3 is 3.18 bits per heavy atom. The van der Waals surface area contributed by atoms with Gasteiger partial charge in [-0.25, -0.2) is 0 Å². The summed E-state index contributed by atoms with van der Waals surface area (Å²) in [6.07, 6.45) is 1.03. The van der Waals surface area contributed by atoms with E-state index in [1.807, 2.05) is 0 Å². The lowest BCUT2D eigenvalue weighted by molar-refractivity contribution is 0.189. The summed E-state index contributed by atoms with van der Waals surface area (Å²) in [4.78, 5) is 12.8. The van der Waals surface area contributed by atoms with Gasteiger partial charge in [0.1, 0.15) is 12.8 Å². The Morgan fingerprint density at radius 1 is 1.73 bits per heavy atom. The molecule has 1 aromatic rings. The third-order valence-corrected chi connectivity index (χ3v) is 0.884. The third kappa shape index (κ3) is 2.34. The van der Waals surface area contributed by atoms with Crippen LogP contribution >= 0.6 is 0 Å². The zero-order chi connectivity index (χ0) is 8.10. The lowest BCUT2D eigenvalue weighted by Gasteiger charge is -1.98. The highest BCUT2D eigenvalue weighted by Crippen LogP contribution is 1.90. The van der Waals surface area contributed by atoms with E-state index in [2.05, 4.69) is 15.2 Å². The van der Waals surface area contributed by atoms with Crippen LogP contribution in [0.15, 0.2) is 11.0 Å². The molecule has 11 heavy (non-hydrogen) atoms. The van der Waals surface area contributed by atoms with E-state index in [9.17, 15) is 4.79 Å². The Labute approximate surface area is 61.9 Å². The van der Waals surface area contributed by atoms with Crippen molar-refractivity contribution < 1.29 is 9.84 Å². The van der Waals surface area contributed by atoms with Crippen molar-refractivity contribution in [3.8, 4) is 6.01 Å². The molecule has 0 radical (unpaired) electrons. The number of hydrogen-bond donors (Lipinski definition) is 2. The second-order valence-electron chi connectivity index (χ2n) is 1.71. The van der Waals surface area contributed by atoms with Gasteiger partial charge in [0.05, 0.1) is 6.61 Å². The number of aliphatic hydroxyl groups is 1. The van der Waals surface area contributed by atoms with Crippen LogP contribution in [0.1, 0.15) is 0 Å². The minimum atomic E-state index is -0.382. The van der Waals surface area contributed by atoms with E-state index in [1.54, 1.807) is 0 Å². The van der Waals surface area contributed by atoms with E-state index in [-0.39, 0.29) is 24.8 Å². The maximum absolute atomic E-state index is 10.6. The third-order valence-electron chi connectivity index (χ3n) is 0.884. The number of aliphatic hydroxyl groups excluding tert-OH is 1. The van der Waals surface area contributed by atoms with Gasteiger partial charge in [-0.3, -0.25) is 9.78 Å². The fourth-order valence-electron chi connectivity index (χ4n) is 0.504. The van der Waals surface area contributed by atoms with Crippen LogP contribution in [-0.2, 0) is 0 Å². The molecule has 0 aromatic carbocycles. The number of H-pyrrole nitrogens is 1.